The lowest BCUT2D eigenvalue weighted by molar-refractivity contribution is 0.277. The number of methoxy groups -OCH3 is 1. The Labute approximate surface area is 92.3 Å². The van der Waals surface area contributed by atoms with E-state index < -0.39 is 0 Å². The maximum Gasteiger partial charge on any atom is 0.123 e. The molecule has 1 nitrogen and oxygen atoms in total. The van der Waals surface area contributed by atoms with Crippen molar-refractivity contribution in [3.63, 3.8) is 0 Å². The minimum Gasteiger partial charge on any atom is -0.388 e. The summed E-state index contributed by atoms with van der Waals surface area (Å²) in [5, 5.41) is 0. The van der Waals surface area contributed by atoms with Crippen LogP contribution >= 0.6 is 0 Å². The van der Waals surface area contributed by atoms with E-state index in [0.29, 0.717) is 0 Å². The van der Waals surface area contributed by atoms with Crippen LogP contribution < -0.4 is 0 Å². The molecule has 0 heterocycles. The molecule has 0 N–H and O–H groups in total. The Morgan fingerprint density at radius 3 is 1.80 bits per heavy atom. The number of benzene rings is 1. The zero-order valence-electron chi connectivity index (χ0n) is 10.3. The summed E-state index contributed by atoms with van der Waals surface area (Å²) in [6, 6.07) is 6.73. The number of halogens is 1. The van der Waals surface area contributed by atoms with E-state index in [9.17, 15) is 4.39 Å². The normalized spacial score (nSPS) is 10.5. The van der Waals surface area contributed by atoms with Crippen molar-refractivity contribution in [1.29, 1.82) is 0 Å². The van der Waals surface area contributed by atoms with Crippen LogP contribution in [0, 0.1) is 11.2 Å². The van der Waals surface area contributed by atoms with E-state index in [1.54, 1.807) is 14.2 Å². The maximum atomic E-state index is 12.5. The first kappa shape index (κ1) is 14.1. The molecule has 0 atom stereocenters. The summed E-state index contributed by atoms with van der Waals surface area (Å²) in [4.78, 5) is 0. The van der Waals surface area contributed by atoms with Gasteiger partial charge in [0.1, 0.15) is 5.82 Å². The molecule has 0 aliphatic rings. The summed E-state index contributed by atoms with van der Waals surface area (Å²) in [5.41, 5.74) is 1.47. The fraction of sp³-hybridized carbons (Fsp3) is 0.538. The Balaban J connectivity index is 0.000000583. The van der Waals surface area contributed by atoms with Crippen LogP contribution in [0.5, 0.6) is 0 Å². The van der Waals surface area contributed by atoms with E-state index in [-0.39, 0.29) is 11.2 Å². The van der Waals surface area contributed by atoms with Crippen LogP contribution in [0.3, 0.4) is 0 Å². The van der Waals surface area contributed by atoms with E-state index in [4.69, 9.17) is 0 Å². The molecule has 0 spiro atoms. The molecule has 0 saturated carbocycles. The van der Waals surface area contributed by atoms with Gasteiger partial charge in [-0.15, -0.1) is 0 Å². The zero-order valence-corrected chi connectivity index (χ0v) is 10.3. The highest BCUT2D eigenvalue weighted by Crippen LogP contribution is 2.20. The van der Waals surface area contributed by atoms with Crippen molar-refractivity contribution >= 4 is 0 Å². The van der Waals surface area contributed by atoms with Crippen LogP contribution in [0.1, 0.15) is 26.3 Å². The molecule has 0 amide bonds. The van der Waals surface area contributed by atoms with Crippen molar-refractivity contribution in [2.75, 3.05) is 14.2 Å². The Kier molecular flexibility index (Phi) is 6.18. The summed E-state index contributed by atoms with van der Waals surface area (Å²) < 4.78 is 16.8. The van der Waals surface area contributed by atoms with Crippen LogP contribution in [0.15, 0.2) is 24.3 Å². The predicted octanol–water partition coefficient (Wildman–Crippen LogP) is 3.68. The molecular formula is C13H21FO. The third kappa shape index (κ3) is 8.13. The van der Waals surface area contributed by atoms with Gasteiger partial charge < -0.3 is 4.74 Å². The average molecular weight is 212 g/mol. The summed E-state index contributed by atoms with van der Waals surface area (Å²) >= 11 is 0. The molecule has 1 rings (SSSR count). The van der Waals surface area contributed by atoms with Gasteiger partial charge >= 0.3 is 0 Å². The molecule has 0 saturated heterocycles. The summed E-state index contributed by atoms with van der Waals surface area (Å²) in [7, 11) is 3.25. The van der Waals surface area contributed by atoms with Crippen LogP contribution in [-0.4, -0.2) is 14.2 Å². The second-order valence-corrected chi connectivity index (χ2v) is 4.77. The van der Waals surface area contributed by atoms with Crippen molar-refractivity contribution in [3.05, 3.63) is 35.6 Å². The molecule has 2 heteroatoms. The lowest BCUT2D eigenvalue weighted by Crippen LogP contribution is -2.08. The van der Waals surface area contributed by atoms with Gasteiger partial charge in [-0.1, -0.05) is 32.9 Å². The van der Waals surface area contributed by atoms with Gasteiger partial charge in [-0.2, -0.15) is 0 Å². The Bertz CT molecular complexity index is 259. The van der Waals surface area contributed by atoms with Gasteiger partial charge in [-0.05, 0) is 29.5 Å². The van der Waals surface area contributed by atoms with Crippen LogP contribution in [0.4, 0.5) is 4.39 Å². The molecule has 0 fully saturated rings. The molecule has 1 aromatic rings. The summed E-state index contributed by atoms with van der Waals surface area (Å²) in [5.74, 6) is -0.160. The van der Waals surface area contributed by atoms with Crippen molar-refractivity contribution < 1.29 is 9.13 Å². The van der Waals surface area contributed by atoms with Gasteiger partial charge in [-0.3, -0.25) is 0 Å². The van der Waals surface area contributed by atoms with E-state index in [0.717, 1.165) is 6.42 Å². The molecule has 0 aliphatic heterocycles. The monoisotopic (exact) mass is 212 g/mol. The van der Waals surface area contributed by atoms with Gasteiger partial charge in [0.05, 0.1) is 0 Å². The molecule has 15 heavy (non-hydrogen) atoms. The highest BCUT2D eigenvalue weighted by Gasteiger charge is 2.10. The number of rotatable bonds is 1. The van der Waals surface area contributed by atoms with Crippen molar-refractivity contribution in [2.45, 2.75) is 27.2 Å². The van der Waals surface area contributed by atoms with Gasteiger partial charge in [-0.25, -0.2) is 4.39 Å². The van der Waals surface area contributed by atoms with E-state index >= 15 is 0 Å². The van der Waals surface area contributed by atoms with E-state index in [2.05, 4.69) is 25.5 Å². The van der Waals surface area contributed by atoms with Gasteiger partial charge in [0.25, 0.3) is 0 Å². The van der Waals surface area contributed by atoms with Crippen molar-refractivity contribution in [1.82, 2.24) is 0 Å². The molecule has 0 unspecified atom stereocenters. The first-order valence-electron chi connectivity index (χ1n) is 5.03. The number of hydrogen-bond acceptors (Lipinski definition) is 1. The Morgan fingerprint density at radius 1 is 1.07 bits per heavy atom. The number of hydrogen-bond donors (Lipinski definition) is 0. The third-order valence-electron chi connectivity index (χ3n) is 1.65. The number of ether oxygens (including phenoxy) is 1. The lowest BCUT2D eigenvalue weighted by Gasteiger charge is -2.17. The molecule has 86 valence electrons. The molecule has 0 aromatic heterocycles. The van der Waals surface area contributed by atoms with Gasteiger partial charge in [0, 0.05) is 14.2 Å². The van der Waals surface area contributed by atoms with Crippen molar-refractivity contribution in [3.8, 4) is 0 Å². The Morgan fingerprint density at radius 2 is 1.47 bits per heavy atom. The Hall–Kier alpha value is -0.890. The first-order valence-corrected chi connectivity index (χ1v) is 5.03. The zero-order chi connectivity index (χ0) is 11.9. The fourth-order valence-corrected chi connectivity index (χ4v) is 1.21. The molecule has 0 radical (unpaired) electrons. The lowest BCUT2D eigenvalue weighted by atomic mass is 9.88. The maximum absolute atomic E-state index is 12.5. The largest absolute Gasteiger partial charge is 0.388 e. The van der Waals surface area contributed by atoms with E-state index in [1.807, 2.05) is 12.1 Å². The van der Waals surface area contributed by atoms with Gasteiger partial charge in [0.15, 0.2) is 0 Å². The minimum absolute atomic E-state index is 0.160. The van der Waals surface area contributed by atoms with Crippen LogP contribution in [-0.2, 0) is 11.2 Å². The fourth-order valence-electron chi connectivity index (χ4n) is 1.21. The minimum atomic E-state index is -0.160. The quantitative estimate of drug-likeness (QED) is 0.690. The standard InChI is InChI=1S/C11H15F.C2H6O/c1-11(2,3)8-9-4-6-10(12)7-5-9;1-3-2/h4-7H,8H2,1-3H3;1-2H3. The summed E-state index contributed by atoms with van der Waals surface area (Å²) in [6.45, 7) is 6.53. The highest BCUT2D eigenvalue weighted by atomic mass is 19.1. The second-order valence-electron chi connectivity index (χ2n) is 4.77. The van der Waals surface area contributed by atoms with Crippen molar-refractivity contribution in [2.24, 2.45) is 5.41 Å². The van der Waals surface area contributed by atoms with Crippen LogP contribution in [0.25, 0.3) is 0 Å². The molecular weight excluding hydrogens is 191 g/mol. The molecule has 0 aliphatic carbocycles. The first-order chi connectivity index (χ1) is 6.89. The highest BCUT2D eigenvalue weighted by molar-refractivity contribution is 5.17. The van der Waals surface area contributed by atoms with Crippen LogP contribution in [0.2, 0.25) is 0 Å². The molecule has 0 bridgehead atoms. The predicted molar refractivity (Wildman–Crippen MR) is 62.5 cm³/mol. The van der Waals surface area contributed by atoms with E-state index in [1.165, 1.54) is 17.7 Å². The SMILES string of the molecule is CC(C)(C)Cc1ccc(F)cc1.COC. The summed E-state index contributed by atoms with van der Waals surface area (Å²) in [6.07, 6.45) is 0.993. The average Bonchev–Trinajstić information content (AvgIpc) is 2.08. The third-order valence-corrected chi connectivity index (χ3v) is 1.65. The second kappa shape index (κ2) is 6.57. The topological polar surface area (TPSA) is 9.23 Å². The molecule has 1 aromatic carbocycles. The van der Waals surface area contributed by atoms with Gasteiger partial charge in [0.2, 0.25) is 0 Å². The smallest absolute Gasteiger partial charge is 0.123 e.